The molecule has 0 saturated heterocycles. The molecule has 0 amide bonds. The van der Waals surface area contributed by atoms with E-state index in [1.54, 1.807) is 12.1 Å². The van der Waals surface area contributed by atoms with E-state index in [-0.39, 0.29) is 0 Å². The van der Waals surface area contributed by atoms with Crippen LogP contribution in [0.1, 0.15) is 5.56 Å². The highest BCUT2D eigenvalue weighted by Crippen LogP contribution is 2.28. The van der Waals surface area contributed by atoms with Crippen molar-refractivity contribution in [3.63, 3.8) is 0 Å². The molecule has 2 aromatic heterocycles. The fourth-order valence-electron chi connectivity index (χ4n) is 3.16. The molecule has 0 unspecified atom stereocenters. The van der Waals surface area contributed by atoms with Crippen molar-refractivity contribution >= 4 is 45.1 Å². The van der Waals surface area contributed by atoms with E-state index in [4.69, 9.17) is 5.26 Å². The zero-order valence-electron chi connectivity index (χ0n) is 15.2. The molecule has 5 aromatic rings. The third-order valence-electron chi connectivity index (χ3n) is 4.58. The summed E-state index contributed by atoms with van der Waals surface area (Å²) >= 11 is 0. The molecule has 3 aromatic carbocycles. The lowest BCUT2D eigenvalue weighted by Gasteiger charge is -2.11. The maximum absolute atomic E-state index is 8.96. The number of aromatic amines is 1. The van der Waals surface area contributed by atoms with Gasteiger partial charge in [0.1, 0.15) is 5.82 Å². The quantitative estimate of drug-likeness (QED) is 0.413. The molecule has 7 heteroatoms. The summed E-state index contributed by atoms with van der Waals surface area (Å²) in [5.74, 6) is 1.81. The topological polar surface area (TPSA) is 102 Å². The summed E-state index contributed by atoms with van der Waals surface area (Å²) in [6, 6.07) is 25.0. The van der Waals surface area contributed by atoms with Gasteiger partial charge in [-0.3, -0.25) is 5.10 Å². The summed E-state index contributed by atoms with van der Waals surface area (Å²) in [5, 5.41) is 24.8. The van der Waals surface area contributed by atoms with Crippen molar-refractivity contribution in [1.29, 1.82) is 5.26 Å². The van der Waals surface area contributed by atoms with Crippen molar-refractivity contribution < 1.29 is 0 Å². The summed E-state index contributed by atoms with van der Waals surface area (Å²) in [6.07, 6.45) is 0. The van der Waals surface area contributed by atoms with Crippen LogP contribution < -0.4 is 10.6 Å². The number of aromatic nitrogens is 4. The van der Waals surface area contributed by atoms with Crippen molar-refractivity contribution in [3.05, 3.63) is 78.4 Å². The Labute approximate surface area is 166 Å². The fraction of sp³-hybridized carbons (Fsp3) is 0. The van der Waals surface area contributed by atoms with Crippen LogP contribution in [0.3, 0.4) is 0 Å². The molecular weight excluding hydrogens is 362 g/mol. The van der Waals surface area contributed by atoms with Gasteiger partial charge in [0, 0.05) is 16.5 Å². The van der Waals surface area contributed by atoms with Gasteiger partial charge in [-0.2, -0.15) is 15.3 Å². The second kappa shape index (κ2) is 6.94. The maximum atomic E-state index is 8.96. The fourth-order valence-corrected chi connectivity index (χ4v) is 3.16. The van der Waals surface area contributed by atoms with Crippen LogP contribution in [0.25, 0.3) is 21.8 Å². The number of H-pyrrole nitrogens is 1. The van der Waals surface area contributed by atoms with E-state index >= 15 is 0 Å². The first-order valence-electron chi connectivity index (χ1n) is 9.04. The van der Waals surface area contributed by atoms with Gasteiger partial charge in [-0.1, -0.05) is 24.3 Å². The molecule has 0 spiro atoms. The van der Waals surface area contributed by atoms with Crippen LogP contribution in [-0.4, -0.2) is 20.2 Å². The smallest absolute Gasteiger partial charge is 0.229 e. The van der Waals surface area contributed by atoms with Crippen LogP contribution in [0, 0.1) is 11.3 Å². The second-order valence-corrected chi connectivity index (χ2v) is 6.47. The molecule has 0 saturated carbocycles. The minimum atomic E-state index is 0.454. The molecule has 0 aliphatic carbocycles. The molecule has 0 radical (unpaired) electrons. The van der Waals surface area contributed by atoms with Crippen LogP contribution in [0.15, 0.2) is 72.8 Å². The van der Waals surface area contributed by atoms with Gasteiger partial charge in [0.2, 0.25) is 5.95 Å². The van der Waals surface area contributed by atoms with Crippen molar-refractivity contribution in [3.8, 4) is 6.07 Å². The highest BCUT2D eigenvalue weighted by Gasteiger charge is 2.11. The van der Waals surface area contributed by atoms with Gasteiger partial charge in [-0.25, -0.2) is 4.98 Å². The van der Waals surface area contributed by atoms with E-state index in [9.17, 15) is 0 Å². The summed E-state index contributed by atoms with van der Waals surface area (Å²) in [7, 11) is 0. The Hall–Kier alpha value is -4.44. The van der Waals surface area contributed by atoms with Gasteiger partial charge in [0.15, 0.2) is 5.82 Å². The van der Waals surface area contributed by atoms with E-state index < -0.39 is 0 Å². The highest BCUT2D eigenvalue weighted by molar-refractivity contribution is 5.96. The van der Waals surface area contributed by atoms with Crippen molar-refractivity contribution in [2.24, 2.45) is 0 Å². The number of benzene rings is 3. The van der Waals surface area contributed by atoms with E-state index in [1.165, 1.54) is 0 Å². The average Bonchev–Trinajstić information content (AvgIpc) is 3.17. The largest absolute Gasteiger partial charge is 0.324 e. The van der Waals surface area contributed by atoms with Gasteiger partial charge in [0.05, 0.1) is 22.7 Å². The van der Waals surface area contributed by atoms with E-state index in [1.807, 2.05) is 60.7 Å². The van der Waals surface area contributed by atoms with Crippen LogP contribution in [0.4, 0.5) is 23.3 Å². The Balaban J connectivity index is 1.55. The van der Waals surface area contributed by atoms with E-state index in [0.717, 1.165) is 27.5 Å². The van der Waals surface area contributed by atoms with Crippen LogP contribution in [-0.2, 0) is 0 Å². The van der Waals surface area contributed by atoms with E-state index in [0.29, 0.717) is 23.1 Å². The molecule has 0 bridgehead atoms. The van der Waals surface area contributed by atoms with Crippen LogP contribution in [0.2, 0.25) is 0 Å². The van der Waals surface area contributed by atoms with Gasteiger partial charge in [0.25, 0.3) is 0 Å². The Kier molecular flexibility index (Phi) is 4.00. The summed E-state index contributed by atoms with van der Waals surface area (Å²) in [5.41, 5.74) is 3.16. The molecule has 2 heterocycles. The molecule has 7 nitrogen and oxygen atoms in total. The lowest BCUT2D eigenvalue weighted by atomic mass is 10.2. The van der Waals surface area contributed by atoms with Crippen LogP contribution >= 0.6 is 0 Å². The Morgan fingerprint density at radius 3 is 2.34 bits per heavy atom. The number of hydrogen-bond acceptors (Lipinski definition) is 6. The average molecular weight is 377 g/mol. The number of hydrogen-bond donors (Lipinski definition) is 3. The summed E-state index contributed by atoms with van der Waals surface area (Å²) in [4.78, 5) is 9.28. The van der Waals surface area contributed by atoms with Crippen LogP contribution in [0.5, 0.6) is 0 Å². The third kappa shape index (κ3) is 3.19. The second-order valence-electron chi connectivity index (χ2n) is 6.47. The van der Waals surface area contributed by atoms with Gasteiger partial charge >= 0.3 is 0 Å². The minimum Gasteiger partial charge on any atom is -0.324 e. The molecule has 138 valence electrons. The number of nitriles is 1. The number of anilines is 4. The standard InChI is InChI=1S/C22H15N7/c23-13-14-9-11-15(12-10-14)24-22-25-18-7-3-1-5-16(18)20(27-22)26-21-17-6-2-4-8-19(17)28-29-21/h1-12H,(H3,24,25,26,27,28,29). The predicted molar refractivity (Wildman–Crippen MR) is 113 cm³/mol. The lowest BCUT2D eigenvalue weighted by molar-refractivity contribution is 1.11. The van der Waals surface area contributed by atoms with Gasteiger partial charge in [-0.15, -0.1) is 0 Å². The monoisotopic (exact) mass is 377 g/mol. The number of fused-ring (bicyclic) bond motifs is 2. The number of para-hydroxylation sites is 2. The van der Waals surface area contributed by atoms with Crippen molar-refractivity contribution in [2.45, 2.75) is 0 Å². The summed E-state index contributed by atoms with van der Waals surface area (Å²) in [6.45, 7) is 0. The molecule has 0 fully saturated rings. The minimum absolute atomic E-state index is 0.454. The molecule has 0 aliphatic rings. The third-order valence-corrected chi connectivity index (χ3v) is 4.58. The zero-order valence-corrected chi connectivity index (χ0v) is 15.2. The predicted octanol–water partition coefficient (Wildman–Crippen LogP) is 4.86. The summed E-state index contributed by atoms with van der Waals surface area (Å²) < 4.78 is 0. The molecule has 0 aliphatic heterocycles. The highest BCUT2D eigenvalue weighted by atomic mass is 15.2. The first-order valence-corrected chi connectivity index (χ1v) is 9.04. The number of rotatable bonds is 4. The van der Waals surface area contributed by atoms with E-state index in [2.05, 4.69) is 36.9 Å². The Bertz CT molecular complexity index is 1360. The van der Waals surface area contributed by atoms with Crippen molar-refractivity contribution in [1.82, 2.24) is 20.2 Å². The molecule has 0 atom stereocenters. The van der Waals surface area contributed by atoms with Crippen molar-refractivity contribution in [2.75, 3.05) is 10.6 Å². The molecular formula is C22H15N7. The zero-order chi connectivity index (χ0) is 19.6. The maximum Gasteiger partial charge on any atom is 0.229 e. The van der Waals surface area contributed by atoms with Gasteiger partial charge < -0.3 is 10.6 Å². The molecule has 3 N–H and O–H groups in total. The first kappa shape index (κ1) is 16.7. The van der Waals surface area contributed by atoms with Gasteiger partial charge in [-0.05, 0) is 48.5 Å². The number of nitrogens with one attached hydrogen (secondary N) is 3. The first-order chi connectivity index (χ1) is 14.3. The normalized spacial score (nSPS) is 10.7. The SMILES string of the molecule is N#Cc1ccc(Nc2nc(Nc3n[nH]c4ccccc34)c3ccccc3n2)cc1. The Morgan fingerprint density at radius 1 is 0.759 bits per heavy atom. The molecule has 29 heavy (non-hydrogen) atoms. The Morgan fingerprint density at radius 2 is 1.52 bits per heavy atom. The molecule has 5 rings (SSSR count). The number of nitrogens with zero attached hydrogens (tertiary/aromatic N) is 4. The lowest BCUT2D eigenvalue weighted by Crippen LogP contribution is -2.02.